The van der Waals surface area contributed by atoms with Gasteiger partial charge in [0.1, 0.15) is 23.0 Å². The molecule has 160 valence electrons. The molecule has 0 aliphatic heterocycles. The van der Waals surface area contributed by atoms with Crippen LogP contribution in [0.15, 0.2) is 47.1 Å². The molecule has 0 aliphatic rings. The number of aryl methyl sites for hydroxylation is 1. The van der Waals surface area contributed by atoms with Crippen molar-refractivity contribution in [3.63, 3.8) is 0 Å². The molecule has 0 saturated heterocycles. The van der Waals surface area contributed by atoms with E-state index in [-0.39, 0.29) is 17.6 Å². The second kappa shape index (κ2) is 7.86. The monoisotopic (exact) mass is 419 g/mol. The molecule has 0 fully saturated rings. The Bertz CT molecular complexity index is 1250. The molecule has 4 aromatic rings. The fourth-order valence-corrected chi connectivity index (χ4v) is 3.15. The van der Waals surface area contributed by atoms with Gasteiger partial charge in [-0.1, -0.05) is 25.9 Å². The number of pyridine rings is 1. The van der Waals surface area contributed by atoms with E-state index in [4.69, 9.17) is 9.26 Å². The lowest BCUT2D eigenvalue weighted by Crippen LogP contribution is -2.09. The van der Waals surface area contributed by atoms with Crippen molar-refractivity contribution < 1.29 is 14.1 Å². The number of aromatic nitrogens is 4. The smallest absolute Gasteiger partial charge is 0.209 e. The van der Waals surface area contributed by atoms with Crippen molar-refractivity contribution in [2.75, 3.05) is 5.32 Å². The van der Waals surface area contributed by atoms with E-state index in [9.17, 15) is 4.79 Å². The maximum absolute atomic E-state index is 11.3. The summed E-state index contributed by atoms with van der Waals surface area (Å²) in [6, 6.07) is 11.1. The van der Waals surface area contributed by atoms with E-state index in [2.05, 4.69) is 41.2 Å². The first kappa shape index (κ1) is 20.6. The molecule has 1 aromatic carbocycles. The summed E-state index contributed by atoms with van der Waals surface area (Å²) in [5.74, 6) is 3.40. The molecule has 0 atom stereocenters. The normalized spacial score (nSPS) is 11.6. The third-order valence-electron chi connectivity index (χ3n) is 4.80. The number of nitrogens with zero attached hydrogens (tertiary/aromatic N) is 4. The van der Waals surface area contributed by atoms with Crippen LogP contribution in [0, 0.1) is 0 Å². The molecule has 8 heteroatoms. The van der Waals surface area contributed by atoms with Gasteiger partial charge in [0.25, 0.3) is 0 Å². The molecular weight excluding hydrogens is 394 g/mol. The van der Waals surface area contributed by atoms with Crippen molar-refractivity contribution in [3.05, 3.63) is 54.0 Å². The quantitative estimate of drug-likeness (QED) is 0.474. The first-order chi connectivity index (χ1) is 14.7. The lowest BCUT2D eigenvalue weighted by Gasteiger charge is -2.12. The predicted molar refractivity (Wildman–Crippen MR) is 118 cm³/mol. The van der Waals surface area contributed by atoms with Crippen LogP contribution in [-0.4, -0.2) is 25.5 Å². The number of ether oxygens (including phenoxy) is 1. The fourth-order valence-electron chi connectivity index (χ4n) is 3.15. The zero-order chi connectivity index (χ0) is 22.2. The largest absolute Gasteiger partial charge is 0.457 e. The third kappa shape index (κ3) is 4.58. The van der Waals surface area contributed by atoms with Crippen LogP contribution in [0.2, 0.25) is 0 Å². The molecule has 3 aromatic heterocycles. The van der Waals surface area contributed by atoms with Gasteiger partial charge in [-0.15, -0.1) is 0 Å². The summed E-state index contributed by atoms with van der Waals surface area (Å²) in [4.78, 5) is 20.2. The highest BCUT2D eigenvalue weighted by Crippen LogP contribution is 2.29. The Kier molecular flexibility index (Phi) is 5.22. The van der Waals surface area contributed by atoms with Crippen molar-refractivity contribution in [2.24, 2.45) is 7.05 Å². The number of anilines is 2. The summed E-state index contributed by atoms with van der Waals surface area (Å²) in [5.41, 5.74) is 2.28. The van der Waals surface area contributed by atoms with Crippen molar-refractivity contribution in [3.8, 4) is 11.5 Å². The fraction of sp³-hybridized carbons (Fsp3) is 0.304. The van der Waals surface area contributed by atoms with E-state index in [0.717, 1.165) is 16.8 Å². The predicted octanol–water partition coefficient (Wildman–Crippen LogP) is 4.92. The van der Waals surface area contributed by atoms with E-state index in [0.29, 0.717) is 29.0 Å². The first-order valence-corrected chi connectivity index (χ1v) is 10.0. The van der Waals surface area contributed by atoms with Gasteiger partial charge >= 0.3 is 0 Å². The second-order valence-electron chi connectivity index (χ2n) is 8.56. The first-order valence-electron chi connectivity index (χ1n) is 10.0. The zero-order valence-electron chi connectivity index (χ0n) is 18.3. The van der Waals surface area contributed by atoms with Crippen LogP contribution in [0.3, 0.4) is 0 Å². The highest BCUT2D eigenvalue weighted by molar-refractivity contribution is 5.81. The number of carbonyl (C=O) groups excluding carboxylic acids is 1. The third-order valence-corrected chi connectivity index (χ3v) is 4.80. The van der Waals surface area contributed by atoms with E-state index >= 15 is 0 Å². The Morgan fingerprint density at radius 2 is 1.94 bits per heavy atom. The summed E-state index contributed by atoms with van der Waals surface area (Å²) in [7, 11) is 1.92. The Morgan fingerprint density at radius 1 is 1.16 bits per heavy atom. The van der Waals surface area contributed by atoms with Gasteiger partial charge in [-0.3, -0.25) is 9.78 Å². The van der Waals surface area contributed by atoms with Crippen molar-refractivity contribution in [1.29, 1.82) is 0 Å². The average Bonchev–Trinajstić information content (AvgIpc) is 3.28. The molecule has 0 radical (unpaired) electrons. The van der Waals surface area contributed by atoms with Crippen LogP contribution in [0.25, 0.3) is 11.0 Å². The molecule has 0 saturated carbocycles. The van der Waals surface area contributed by atoms with E-state index < -0.39 is 0 Å². The number of fused-ring (bicyclic) bond motifs is 1. The number of nitrogens with one attached hydrogen (secondary N) is 1. The summed E-state index contributed by atoms with van der Waals surface area (Å²) < 4.78 is 13.4. The lowest BCUT2D eigenvalue weighted by atomic mass is 9.93. The van der Waals surface area contributed by atoms with Gasteiger partial charge < -0.3 is 19.1 Å². The summed E-state index contributed by atoms with van der Waals surface area (Å²) in [6.07, 6.45) is 1.92. The topological polar surface area (TPSA) is 95.1 Å². The second-order valence-corrected chi connectivity index (χ2v) is 8.56. The van der Waals surface area contributed by atoms with Crippen molar-refractivity contribution in [2.45, 2.75) is 39.5 Å². The summed E-state index contributed by atoms with van der Waals surface area (Å²) in [6.45, 7) is 7.75. The highest BCUT2D eigenvalue weighted by atomic mass is 16.5. The number of carbonyl (C=O) groups is 1. The van der Waals surface area contributed by atoms with E-state index in [1.807, 2.05) is 35.9 Å². The number of rotatable bonds is 6. The number of ketones is 1. The zero-order valence-corrected chi connectivity index (χ0v) is 18.3. The van der Waals surface area contributed by atoms with Crippen molar-refractivity contribution in [1.82, 2.24) is 19.7 Å². The van der Waals surface area contributed by atoms with Gasteiger partial charge in [-0.25, -0.2) is 4.98 Å². The standard InChI is InChI=1S/C23H25N5O3/c1-14(29)10-15-11-17(8-9-24-15)30-16-6-7-18-19(12-16)28(5)22(25-18)26-21-13-20(31-27-21)23(2,3)4/h6-9,11-13H,10H2,1-5H3,(H,25,26,27). The molecule has 4 rings (SSSR count). The number of imidazole rings is 1. The number of hydrogen-bond donors (Lipinski definition) is 1. The van der Waals surface area contributed by atoms with Gasteiger partial charge in [-0.2, -0.15) is 0 Å². The SMILES string of the molecule is CC(=O)Cc1cc(Oc2ccc3nc(Nc4cc(C(C)(C)C)on4)n(C)c3c2)ccn1. The number of benzene rings is 1. The van der Waals surface area contributed by atoms with Crippen LogP contribution in [0.5, 0.6) is 11.5 Å². The minimum Gasteiger partial charge on any atom is -0.457 e. The van der Waals surface area contributed by atoms with Gasteiger partial charge in [-0.05, 0) is 25.1 Å². The average molecular weight is 419 g/mol. The van der Waals surface area contributed by atoms with Gasteiger partial charge in [0.05, 0.1) is 16.7 Å². The maximum Gasteiger partial charge on any atom is 0.209 e. The molecule has 0 spiro atoms. The Hall–Kier alpha value is -3.68. The maximum atomic E-state index is 11.3. The minimum absolute atomic E-state index is 0.0581. The van der Waals surface area contributed by atoms with Gasteiger partial charge in [0.15, 0.2) is 5.82 Å². The van der Waals surface area contributed by atoms with Gasteiger partial charge in [0, 0.05) is 43.3 Å². The van der Waals surface area contributed by atoms with E-state index in [1.165, 1.54) is 0 Å². The van der Waals surface area contributed by atoms with Crippen LogP contribution in [0.4, 0.5) is 11.8 Å². The molecular formula is C23H25N5O3. The highest BCUT2D eigenvalue weighted by Gasteiger charge is 2.20. The molecule has 8 nitrogen and oxygen atoms in total. The molecule has 0 amide bonds. The minimum atomic E-state index is -0.122. The molecule has 0 unspecified atom stereocenters. The molecule has 3 heterocycles. The van der Waals surface area contributed by atoms with Crippen LogP contribution in [0.1, 0.15) is 39.1 Å². The van der Waals surface area contributed by atoms with E-state index in [1.54, 1.807) is 25.3 Å². The lowest BCUT2D eigenvalue weighted by molar-refractivity contribution is -0.116. The number of hydrogen-bond acceptors (Lipinski definition) is 7. The Labute approximate surface area is 180 Å². The van der Waals surface area contributed by atoms with Gasteiger partial charge in [0.2, 0.25) is 5.95 Å². The van der Waals surface area contributed by atoms with Crippen LogP contribution >= 0.6 is 0 Å². The summed E-state index contributed by atoms with van der Waals surface area (Å²) >= 11 is 0. The Morgan fingerprint density at radius 3 is 2.65 bits per heavy atom. The number of Topliss-reactive ketones (excluding diaryl/α,β-unsaturated/α-hetero) is 1. The van der Waals surface area contributed by atoms with Crippen LogP contribution < -0.4 is 10.1 Å². The summed E-state index contributed by atoms with van der Waals surface area (Å²) in [5, 5.41) is 7.31. The molecule has 31 heavy (non-hydrogen) atoms. The van der Waals surface area contributed by atoms with Crippen molar-refractivity contribution >= 4 is 28.6 Å². The molecule has 0 aliphatic carbocycles. The van der Waals surface area contributed by atoms with Crippen LogP contribution in [-0.2, 0) is 23.7 Å². The molecule has 1 N–H and O–H groups in total. The molecule has 0 bridgehead atoms. The Balaban J connectivity index is 1.57.